The molecule has 0 amide bonds. The summed E-state index contributed by atoms with van der Waals surface area (Å²) in [5.74, 6) is 1.86. The molecule has 0 saturated heterocycles. The molecule has 0 bridgehead atoms. The normalized spacial score (nSPS) is 11.2. The molecule has 0 atom stereocenters. The van der Waals surface area contributed by atoms with Gasteiger partial charge in [0.2, 0.25) is 0 Å². The Morgan fingerprint density at radius 2 is 1.61 bits per heavy atom. The SMILES string of the molecule is CC[N]c1cc(C)c(Oc2ccc(O)c(CN(Cc3ccccc3)C(C)C)c2)c(C)c1. The van der Waals surface area contributed by atoms with Gasteiger partial charge >= 0.3 is 0 Å². The third-order valence-electron chi connectivity index (χ3n) is 5.39. The minimum absolute atomic E-state index is 0.289. The van der Waals surface area contributed by atoms with Crippen molar-refractivity contribution in [3.8, 4) is 17.2 Å². The minimum Gasteiger partial charge on any atom is -0.508 e. The topological polar surface area (TPSA) is 46.8 Å². The Hall–Kier alpha value is -2.98. The predicted molar refractivity (Wildman–Crippen MR) is 127 cm³/mol. The average Bonchev–Trinajstić information content (AvgIpc) is 2.73. The smallest absolute Gasteiger partial charge is 0.133 e. The number of benzene rings is 3. The first-order valence-corrected chi connectivity index (χ1v) is 10.9. The first-order valence-electron chi connectivity index (χ1n) is 10.9. The molecular weight excluding hydrogens is 384 g/mol. The molecule has 0 heterocycles. The van der Waals surface area contributed by atoms with Crippen LogP contribution >= 0.6 is 0 Å². The van der Waals surface area contributed by atoms with E-state index in [1.807, 2.05) is 51.1 Å². The zero-order valence-electron chi connectivity index (χ0n) is 19.2. The van der Waals surface area contributed by atoms with Crippen LogP contribution in [0.25, 0.3) is 0 Å². The number of aromatic hydroxyl groups is 1. The van der Waals surface area contributed by atoms with Crippen molar-refractivity contribution < 1.29 is 9.84 Å². The number of ether oxygens (including phenoxy) is 1. The molecule has 1 N–H and O–H groups in total. The lowest BCUT2D eigenvalue weighted by atomic mass is 10.1. The fourth-order valence-corrected chi connectivity index (χ4v) is 3.69. The molecule has 3 aromatic carbocycles. The fourth-order valence-electron chi connectivity index (χ4n) is 3.69. The summed E-state index contributed by atoms with van der Waals surface area (Å²) in [5, 5.41) is 15.0. The third-order valence-corrected chi connectivity index (χ3v) is 5.39. The highest BCUT2D eigenvalue weighted by Crippen LogP contribution is 2.34. The standard InChI is InChI=1S/C27H33N2O2/c1-6-28-24-14-20(4)27(21(5)15-24)31-25-12-13-26(30)23(16-25)18-29(19(2)3)17-22-10-8-7-9-11-22/h7-16,19,30H,6,17-18H2,1-5H3. The van der Waals surface area contributed by atoms with E-state index in [1.54, 1.807) is 6.07 Å². The number of nitrogens with zero attached hydrogens (tertiary/aromatic N) is 2. The second kappa shape index (κ2) is 10.4. The molecule has 4 nitrogen and oxygen atoms in total. The van der Waals surface area contributed by atoms with E-state index in [9.17, 15) is 5.11 Å². The lowest BCUT2D eigenvalue weighted by Crippen LogP contribution is -2.29. The van der Waals surface area contributed by atoms with E-state index in [2.05, 4.69) is 48.3 Å². The molecule has 0 aliphatic carbocycles. The van der Waals surface area contributed by atoms with E-state index in [4.69, 9.17) is 4.74 Å². The van der Waals surface area contributed by atoms with Crippen LogP contribution in [0.4, 0.5) is 5.69 Å². The number of phenols is 1. The van der Waals surface area contributed by atoms with Crippen LogP contribution in [0.1, 0.15) is 43.0 Å². The van der Waals surface area contributed by atoms with Gasteiger partial charge in [0.25, 0.3) is 0 Å². The van der Waals surface area contributed by atoms with Gasteiger partial charge in [-0.05, 0) is 81.6 Å². The van der Waals surface area contributed by atoms with Gasteiger partial charge in [-0.3, -0.25) is 10.2 Å². The third kappa shape index (κ3) is 6.02. The van der Waals surface area contributed by atoms with E-state index in [0.29, 0.717) is 12.6 Å². The molecule has 0 unspecified atom stereocenters. The molecule has 3 rings (SSSR count). The summed E-state index contributed by atoms with van der Waals surface area (Å²) in [4.78, 5) is 2.34. The maximum Gasteiger partial charge on any atom is 0.133 e. The van der Waals surface area contributed by atoms with Gasteiger partial charge < -0.3 is 9.84 Å². The zero-order valence-corrected chi connectivity index (χ0v) is 19.2. The summed E-state index contributed by atoms with van der Waals surface area (Å²) >= 11 is 0. The van der Waals surface area contributed by atoms with Crippen molar-refractivity contribution >= 4 is 5.69 Å². The molecule has 0 spiro atoms. The molecule has 0 saturated carbocycles. The van der Waals surface area contributed by atoms with Gasteiger partial charge in [-0.15, -0.1) is 0 Å². The largest absolute Gasteiger partial charge is 0.508 e. The molecule has 31 heavy (non-hydrogen) atoms. The van der Waals surface area contributed by atoms with Crippen LogP contribution in [0.2, 0.25) is 0 Å². The second-order valence-corrected chi connectivity index (χ2v) is 8.26. The number of aryl methyl sites for hydroxylation is 2. The molecular formula is C27H33N2O2. The van der Waals surface area contributed by atoms with Crippen LogP contribution < -0.4 is 10.1 Å². The van der Waals surface area contributed by atoms with E-state index in [0.717, 1.165) is 47.0 Å². The summed E-state index contributed by atoms with van der Waals surface area (Å²) in [7, 11) is 0. The summed E-state index contributed by atoms with van der Waals surface area (Å²) < 4.78 is 6.26. The number of hydrogen-bond acceptors (Lipinski definition) is 3. The van der Waals surface area contributed by atoms with Gasteiger partial charge in [0.1, 0.15) is 17.2 Å². The van der Waals surface area contributed by atoms with Crippen molar-refractivity contribution in [2.75, 3.05) is 6.54 Å². The quantitative estimate of drug-likeness (QED) is 0.434. The maximum atomic E-state index is 10.5. The van der Waals surface area contributed by atoms with Crippen molar-refractivity contribution in [2.24, 2.45) is 0 Å². The van der Waals surface area contributed by atoms with E-state index >= 15 is 0 Å². The Balaban J connectivity index is 1.81. The highest BCUT2D eigenvalue weighted by molar-refractivity contribution is 5.53. The Bertz CT molecular complexity index is 976. The predicted octanol–water partition coefficient (Wildman–Crippen LogP) is 6.47. The molecule has 4 heteroatoms. The highest BCUT2D eigenvalue weighted by atomic mass is 16.5. The molecule has 0 aliphatic heterocycles. The number of phenolic OH excluding ortho intramolecular Hbond substituents is 1. The van der Waals surface area contributed by atoms with Gasteiger partial charge in [0.05, 0.1) is 5.69 Å². The molecule has 3 aromatic rings. The summed E-state index contributed by atoms with van der Waals surface area (Å²) in [6.45, 7) is 12.7. The first-order chi connectivity index (χ1) is 14.9. The Morgan fingerprint density at radius 3 is 2.23 bits per heavy atom. The molecule has 0 aromatic heterocycles. The van der Waals surface area contributed by atoms with Gasteiger partial charge in [-0.1, -0.05) is 30.3 Å². The highest BCUT2D eigenvalue weighted by Gasteiger charge is 2.15. The van der Waals surface area contributed by atoms with Gasteiger partial charge in [0, 0.05) is 31.2 Å². The van der Waals surface area contributed by atoms with Crippen molar-refractivity contribution in [2.45, 2.75) is 53.8 Å². The van der Waals surface area contributed by atoms with Crippen LogP contribution in [0.5, 0.6) is 17.2 Å². The Morgan fingerprint density at radius 1 is 0.935 bits per heavy atom. The Kier molecular flexibility index (Phi) is 7.59. The zero-order chi connectivity index (χ0) is 22.4. The van der Waals surface area contributed by atoms with Gasteiger partial charge in [0.15, 0.2) is 0 Å². The molecule has 0 fully saturated rings. The van der Waals surface area contributed by atoms with Gasteiger partial charge in [-0.25, -0.2) is 0 Å². The second-order valence-electron chi connectivity index (χ2n) is 8.26. The average molecular weight is 418 g/mol. The summed E-state index contributed by atoms with van der Waals surface area (Å²) in [5.41, 5.74) is 5.19. The molecule has 0 aliphatic rings. The van der Waals surface area contributed by atoms with Crippen LogP contribution in [-0.2, 0) is 13.1 Å². The number of rotatable bonds is 9. The Labute approximate surface area is 186 Å². The molecule has 1 radical (unpaired) electrons. The monoisotopic (exact) mass is 417 g/mol. The van der Waals surface area contributed by atoms with Crippen LogP contribution in [0.15, 0.2) is 60.7 Å². The fraction of sp³-hybridized carbons (Fsp3) is 0.333. The van der Waals surface area contributed by atoms with Crippen molar-refractivity contribution in [1.29, 1.82) is 0 Å². The first kappa shape index (κ1) is 22.7. The lowest BCUT2D eigenvalue weighted by molar-refractivity contribution is 0.201. The van der Waals surface area contributed by atoms with Crippen LogP contribution in [0, 0.1) is 13.8 Å². The van der Waals surface area contributed by atoms with Crippen molar-refractivity contribution in [3.05, 3.63) is 82.9 Å². The minimum atomic E-state index is 0.289. The summed E-state index contributed by atoms with van der Waals surface area (Å²) in [6, 6.07) is 20.3. The van der Waals surface area contributed by atoms with Crippen molar-refractivity contribution in [3.63, 3.8) is 0 Å². The van der Waals surface area contributed by atoms with Crippen molar-refractivity contribution in [1.82, 2.24) is 10.2 Å². The lowest BCUT2D eigenvalue weighted by Gasteiger charge is -2.27. The van der Waals surface area contributed by atoms with Gasteiger partial charge in [-0.2, -0.15) is 0 Å². The van der Waals surface area contributed by atoms with E-state index < -0.39 is 0 Å². The van der Waals surface area contributed by atoms with Crippen LogP contribution in [-0.4, -0.2) is 22.6 Å². The molecule has 163 valence electrons. The number of hydrogen-bond donors (Lipinski definition) is 1. The summed E-state index contributed by atoms with van der Waals surface area (Å²) in [6.07, 6.45) is 0. The van der Waals surface area contributed by atoms with E-state index in [-0.39, 0.29) is 5.75 Å². The van der Waals surface area contributed by atoms with E-state index in [1.165, 1.54) is 5.56 Å². The maximum absolute atomic E-state index is 10.5. The van der Waals surface area contributed by atoms with Crippen LogP contribution in [0.3, 0.4) is 0 Å².